The van der Waals surface area contributed by atoms with Gasteiger partial charge in [0.25, 0.3) is 5.91 Å². The fraction of sp³-hybridized carbons (Fsp3) is 0.263. The molecule has 136 valence electrons. The van der Waals surface area contributed by atoms with E-state index in [0.29, 0.717) is 28.8 Å². The Hall–Kier alpha value is -2.24. The first-order valence-electron chi connectivity index (χ1n) is 8.01. The molecule has 1 heterocycles. The first-order valence-corrected chi connectivity index (χ1v) is 8.77. The number of ether oxygens (including phenoxy) is 2. The second-order valence-electron chi connectivity index (χ2n) is 5.90. The number of hydrogen-bond acceptors (Lipinski definition) is 4. The monoisotopic (exact) mass is 393 g/mol. The summed E-state index contributed by atoms with van der Waals surface area (Å²) in [6.45, 7) is 0.0868. The summed E-state index contributed by atoms with van der Waals surface area (Å²) in [4.78, 5) is 26.4. The van der Waals surface area contributed by atoms with Gasteiger partial charge in [0.2, 0.25) is 0 Å². The summed E-state index contributed by atoms with van der Waals surface area (Å²) in [5.41, 5.74) is 2.04. The standard InChI is InChI=1S/C19H17Cl2NO4/c1-25-19(24)16-8-12-4-2-3-5-13(12)10-22(16)18(23)11-26-17-7-6-14(20)9-15(17)21/h2-7,9,16H,8,10-11H2,1H3/t16-/m1/s1. The van der Waals surface area contributed by atoms with Gasteiger partial charge in [-0.1, -0.05) is 47.5 Å². The predicted molar refractivity (Wildman–Crippen MR) is 98.5 cm³/mol. The first-order chi connectivity index (χ1) is 12.5. The van der Waals surface area contributed by atoms with Crippen molar-refractivity contribution in [3.05, 3.63) is 63.6 Å². The molecule has 26 heavy (non-hydrogen) atoms. The molecule has 0 saturated heterocycles. The van der Waals surface area contributed by atoms with Crippen LogP contribution in [0.1, 0.15) is 11.1 Å². The summed E-state index contributed by atoms with van der Waals surface area (Å²) in [5.74, 6) is -0.408. The molecule has 1 atom stereocenters. The summed E-state index contributed by atoms with van der Waals surface area (Å²) in [6.07, 6.45) is 0.413. The molecule has 0 radical (unpaired) electrons. The number of carbonyl (C=O) groups is 2. The summed E-state index contributed by atoms with van der Waals surface area (Å²) >= 11 is 11.9. The molecule has 0 unspecified atom stereocenters. The molecule has 1 aliphatic rings. The van der Waals surface area contributed by atoms with Crippen molar-refractivity contribution in [2.75, 3.05) is 13.7 Å². The third kappa shape index (κ3) is 3.94. The third-order valence-electron chi connectivity index (χ3n) is 4.29. The molecule has 0 aliphatic carbocycles. The molecule has 2 aromatic rings. The predicted octanol–water partition coefficient (Wildman–Crippen LogP) is 3.50. The lowest BCUT2D eigenvalue weighted by molar-refractivity contribution is -0.154. The summed E-state index contributed by atoms with van der Waals surface area (Å²) in [7, 11) is 1.31. The van der Waals surface area contributed by atoms with E-state index in [1.54, 1.807) is 12.1 Å². The van der Waals surface area contributed by atoms with Gasteiger partial charge in [0.1, 0.15) is 11.8 Å². The van der Waals surface area contributed by atoms with E-state index < -0.39 is 12.0 Å². The molecular weight excluding hydrogens is 377 g/mol. The topological polar surface area (TPSA) is 55.8 Å². The molecule has 7 heteroatoms. The number of fused-ring (bicyclic) bond motifs is 1. The molecule has 0 saturated carbocycles. The van der Waals surface area contributed by atoms with E-state index in [1.807, 2.05) is 24.3 Å². The molecule has 3 rings (SSSR count). The van der Waals surface area contributed by atoms with Gasteiger partial charge < -0.3 is 14.4 Å². The number of methoxy groups -OCH3 is 1. The Morgan fingerprint density at radius 2 is 1.88 bits per heavy atom. The van der Waals surface area contributed by atoms with Gasteiger partial charge in [0.15, 0.2) is 6.61 Å². The van der Waals surface area contributed by atoms with Gasteiger partial charge in [0, 0.05) is 18.0 Å². The Bertz CT molecular complexity index is 840. The lowest BCUT2D eigenvalue weighted by Gasteiger charge is -2.35. The van der Waals surface area contributed by atoms with Gasteiger partial charge in [-0.15, -0.1) is 0 Å². The Kier molecular flexibility index (Phi) is 5.69. The second-order valence-corrected chi connectivity index (χ2v) is 6.74. The number of rotatable bonds is 4. The van der Waals surface area contributed by atoms with Crippen LogP contribution < -0.4 is 4.74 Å². The van der Waals surface area contributed by atoms with Gasteiger partial charge in [-0.25, -0.2) is 4.79 Å². The molecule has 0 aromatic heterocycles. The lowest BCUT2D eigenvalue weighted by Crippen LogP contribution is -2.50. The number of halogens is 2. The SMILES string of the molecule is COC(=O)[C@H]1Cc2ccccc2CN1C(=O)COc1ccc(Cl)cc1Cl. The smallest absolute Gasteiger partial charge is 0.328 e. The number of amides is 1. The van der Waals surface area contributed by atoms with E-state index in [-0.39, 0.29) is 12.5 Å². The van der Waals surface area contributed by atoms with Crippen molar-refractivity contribution >= 4 is 35.1 Å². The molecule has 2 aromatic carbocycles. The van der Waals surface area contributed by atoms with E-state index in [9.17, 15) is 9.59 Å². The van der Waals surface area contributed by atoms with Crippen LogP contribution in [0.5, 0.6) is 5.75 Å². The van der Waals surface area contributed by atoms with Crippen LogP contribution in [0.25, 0.3) is 0 Å². The number of esters is 1. The number of hydrogen-bond donors (Lipinski definition) is 0. The van der Waals surface area contributed by atoms with E-state index in [1.165, 1.54) is 18.1 Å². The maximum atomic E-state index is 12.7. The molecule has 1 aliphatic heterocycles. The van der Waals surface area contributed by atoms with Gasteiger partial charge in [0.05, 0.1) is 12.1 Å². The maximum Gasteiger partial charge on any atom is 0.328 e. The first kappa shape index (κ1) is 18.5. The summed E-state index contributed by atoms with van der Waals surface area (Å²) < 4.78 is 10.4. The Morgan fingerprint density at radius 1 is 1.15 bits per heavy atom. The number of nitrogens with zero attached hydrogens (tertiary/aromatic N) is 1. The van der Waals surface area contributed by atoms with Crippen molar-refractivity contribution in [1.29, 1.82) is 0 Å². The molecule has 5 nitrogen and oxygen atoms in total. The van der Waals surface area contributed by atoms with E-state index in [2.05, 4.69) is 0 Å². The van der Waals surface area contributed by atoms with Crippen molar-refractivity contribution in [2.45, 2.75) is 19.0 Å². The molecule has 0 fully saturated rings. The average Bonchev–Trinajstić information content (AvgIpc) is 2.65. The van der Waals surface area contributed by atoms with Crippen LogP contribution in [0.2, 0.25) is 10.0 Å². The summed E-state index contributed by atoms with van der Waals surface area (Å²) in [5, 5.41) is 0.797. The highest BCUT2D eigenvalue weighted by molar-refractivity contribution is 6.35. The quantitative estimate of drug-likeness (QED) is 0.745. The fourth-order valence-corrected chi connectivity index (χ4v) is 3.41. The number of carbonyl (C=O) groups excluding carboxylic acids is 2. The largest absolute Gasteiger partial charge is 0.482 e. The van der Waals surface area contributed by atoms with Gasteiger partial charge in [-0.05, 0) is 29.3 Å². The van der Waals surface area contributed by atoms with Gasteiger partial charge in [-0.2, -0.15) is 0 Å². The van der Waals surface area contributed by atoms with Crippen LogP contribution >= 0.6 is 23.2 Å². The Morgan fingerprint density at radius 3 is 2.58 bits per heavy atom. The van der Waals surface area contributed by atoms with Crippen molar-refractivity contribution in [3.8, 4) is 5.75 Å². The van der Waals surface area contributed by atoms with Crippen molar-refractivity contribution in [1.82, 2.24) is 4.90 Å². The molecular formula is C19H17Cl2NO4. The van der Waals surface area contributed by atoms with E-state index >= 15 is 0 Å². The minimum atomic E-state index is -0.674. The van der Waals surface area contributed by atoms with Crippen LogP contribution in [0.15, 0.2) is 42.5 Å². The van der Waals surface area contributed by atoms with Crippen LogP contribution in [-0.4, -0.2) is 36.5 Å². The normalized spacial score (nSPS) is 16.0. The van der Waals surface area contributed by atoms with Crippen molar-refractivity contribution in [3.63, 3.8) is 0 Å². The van der Waals surface area contributed by atoms with Crippen LogP contribution in [0, 0.1) is 0 Å². The molecule has 0 N–H and O–H groups in total. The highest BCUT2D eigenvalue weighted by atomic mass is 35.5. The van der Waals surface area contributed by atoms with Crippen molar-refractivity contribution < 1.29 is 19.1 Å². The van der Waals surface area contributed by atoms with E-state index in [4.69, 9.17) is 32.7 Å². The molecule has 0 bridgehead atoms. The lowest BCUT2D eigenvalue weighted by atomic mass is 9.94. The molecule has 0 spiro atoms. The zero-order chi connectivity index (χ0) is 18.7. The van der Waals surface area contributed by atoms with Crippen molar-refractivity contribution in [2.24, 2.45) is 0 Å². The highest BCUT2D eigenvalue weighted by Gasteiger charge is 2.35. The third-order valence-corrected chi connectivity index (χ3v) is 4.82. The summed E-state index contributed by atoms with van der Waals surface area (Å²) in [6, 6.07) is 11.8. The fourth-order valence-electron chi connectivity index (χ4n) is 2.95. The Labute approximate surface area is 161 Å². The second kappa shape index (κ2) is 7.98. The molecule has 1 amide bonds. The maximum absolute atomic E-state index is 12.7. The minimum absolute atomic E-state index is 0.239. The number of benzene rings is 2. The van der Waals surface area contributed by atoms with E-state index in [0.717, 1.165) is 11.1 Å². The highest BCUT2D eigenvalue weighted by Crippen LogP contribution is 2.28. The van der Waals surface area contributed by atoms with Crippen LogP contribution in [0.4, 0.5) is 0 Å². The van der Waals surface area contributed by atoms with Crippen LogP contribution in [0.3, 0.4) is 0 Å². The minimum Gasteiger partial charge on any atom is -0.482 e. The van der Waals surface area contributed by atoms with Gasteiger partial charge in [-0.3, -0.25) is 4.79 Å². The van der Waals surface area contributed by atoms with Gasteiger partial charge >= 0.3 is 5.97 Å². The Balaban J connectivity index is 1.76. The average molecular weight is 394 g/mol. The zero-order valence-corrected chi connectivity index (χ0v) is 15.6. The zero-order valence-electron chi connectivity index (χ0n) is 14.1. The van der Waals surface area contributed by atoms with Crippen LogP contribution in [-0.2, 0) is 27.3 Å².